The summed E-state index contributed by atoms with van der Waals surface area (Å²) < 4.78 is 6.14. The number of anilines is 1. The van der Waals surface area contributed by atoms with Crippen LogP contribution >= 0.6 is 0 Å². The quantitative estimate of drug-likeness (QED) is 0.648. The van der Waals surface area contributed by atoms with Gasteiger partial charge < -0.3 is 9.64 Å². The van der Waals surface area contributed by atoms with Crippen molar-refractivity contribution < 1.29 is 4.74 Å². The molecular weight excluding hydrogens is 344 g/mol. The molecule has 2 aromatic carbocycles. The van der Waals surface area contributed by atoms with Crippen LogP contribution < -0.4 is 4.90 Å². The Bertz CT molecular complexity index is 739. The molecule has 0 N–H and O–H groups in total. The van der Waals surface area contributed by atoms with Crippen molar-refractivity contribution in [2.24, 2.45) is 5.92 Å². The van der Waals surface area contributed by atoms with Gasteiger partial charge in [0.25, 0.3) is 0 Å². The van der Waals surface area contributed by atoms with Crippen molar-refractivity contribution in [3.05, 3.63) is 65.7 Å². The molecule has 2 heterocycles. The van der Waals surface area contributed by atoms with Crippen LogP contribution in [0.4, 0.5) is 5.69 Å². The Hall–Kier alpha value is -1.84. The van der Waals surface area contributed by atoms with Crippen LogP contribution in [0.25, 0.3) is 0 Å². The molecule has 2 atom stereocenters. The van der Waals surface area contributed by atoms with E-state index in [0.717, 1.165) is 26.2 Å². The number of ether oxygens (including phenoxy) is 1. The summed E-state index contributed by atoms with van der Waals surface area (Å²) >= 11 is 0. The molecule has 1 saturated heterocycles. The number of rotatable bonds is 8. The largest absolute Gasteiger partial charge is 0.379 e. The average molecular weight is 379 g/mol. The lowest BCUT2D eigenvalue weighted by molar-refractivity contribution is 0.0564. The highest BCUT2D eigenvalue weighted by atomic mass is 16.5. The summed E-state index contributed by atoms with van der Waals surface area (Å²) in [7, 11) is 0. The Morgan fingerprint density at radius 3 is 2.39 bits per heavy atom. The molecule has 0 amide bonds. The lowest BCUT2D eigenvalue weighted by atomic mass is 10.0. The third-order valence-electron chi connectivity index (χ3n) is 6.10. The Kier molecular flexibility index (Phi) is 6.33. The molecule has 2 aliphatic rings. The Balaban J connectivity index is 1.56. The SMILES string of the molecule is CC(C)COCC(CN1c2ccccc2CC1c1ccccc1)N1CCCC1. The average Bonchev–Trinajstić information content (AvgIpc) is 3.36. The van der Waals surface area contributed by atoms with Crippen LogP contribution in [0.5, 0.6) is 0 Å². The first-order valence-electron chi connectivity index (χ1n) is 10.9. The molecule has 0 aromatic heterocycles. The van der Waals surface area contributed by atoms with Crippen molar-refractivity contribution in [3.63, 3.8) is 0 Å². The van der Waals surface area contributed by atoms with E-state index >= 15 is 0 Å². The second kappa shape index (κ2) is 9.11. The van der Waals surface area contributed by atoms with Crippen molar-refractivity contribution in [1.82, 2.24) is 4.90 Å². The molecule has 0 radical (unpaired) electrons. The van der Waals surface area contributed by atoms with E-state index in [4.69, 9.17) is 4.74 Å². The van der Waals surface area contributed by atoms with E-state index in [1.807, 2.05) is 0 Å². The maximum absolute atomic E-state index is 6.14. The number of hydrogen-bond acceptors (Lipinski definition) is 3. The van der Waals surface area contributed by atoms with Crippen LogP contribution in [0.1, 0.15) is 43.9 Å². The van der Waals surface area contributed by atoms with Gasteiger partial charge in [0.05, 0.1) is 18.7 Å². The van der Waals surface area contributed by atoms with Crippen LogP contribution in [-0.4, -0.2) is 43.8 Å². The van der Waals surface area contributed by atoms with E-state index in [1.54, 1.807) is 0 Å². The molecule has 3 nitrogen and oxygen atoms in total. The van der Waals surface area contributed by atoms with Crippen LogP contribution in [0.2, 0.25) is 0 Å². The van der Waals surface area contributed by atoms with Gasteiger partial charge in [-0.25, -0.2) is 0 Å². The molecule has 2 aromatic rings. The van der Waals surface area contributed by atoms with E-state index in [0.29, 0.717) is 18.0 Å². The summed E-state index contributed by atoms with van der Waals surface area (Å²) in [6, 6.07) is 20.8. The highest BCUT2D eigenvalue weighted by Crippen LogP contribution is 2.40. The Morgan fingerprint density at radius 2 is 1.64 bits per heavy atom. The molecule has 0 aliphatic carbocycles. The molecule has 0 bridgehead atoms. The zero-order valence-electron chi connectivity index (χ0n) is 17.4. The summed E-state index contributed by atoms with van der Waals surface area (Å²) in [6.45, 7) is 9.60. The van der Waals surface area contributed by atoms with Crippen LogP contribution in [0.3, 0.4) is 0 Å². The monoisotopic (exact) mass is 378 g/mol. The third kappa shape index (κ3) is 4.42. The molecular formula is C25H34N2O. The summed E-state index contributed by atoms with van der Waals surface area (Å²) in [6.07, 6.45) is 3.73. The van der Waals surface area contributed by atoms with E-state index in [1.165, 1.54) is 42.7 Å². The van der Waals surface area contributed by atoms with Crippen LogP contribution in [0.15, 0.2) is 54.6 Å². The molecule has 4 rings (SSSR count). The molecule has 1 fully saturated rings. The van der Waals surface area contributed by atoms with Crippen LogP contribution in [0, 0.1) is 5.92 Å². The van der Waals surface area contributed by atoms with Gasteiger partial charge >= 0.3 is 0 Å². The predicted molar refractivity (Wildman–Crippen MR) is 117 cm³/mol. The smallest absolute Gasteiger partial charge is 0.0639 e. The first-order chi connectivity index (χ1) is 13.7. The minimum Gasteiger partial charge on any atom is -0.379 e. The van der Waals surface area contributed by atoms with Gasteiger partial charge in [0, 0.05) is 18.8 Å². The van der Waals surface area contributed by atoms with Crippen molar-refractivity contribution in [1.29, 1.82) is 0 Å². The summed E-state index contributed by atoms with van der Waals surface area (Å²) in [4.78, 5) is 5.30. The van der Waals surface area contributed by atoms with Crippen molar-refractivity contribution in [2.45, 2.75) is 45.2 Å². The van der Waals surface area contributed by atoms with Crippen molar-refractivity contribution in [3.8, 4) is 0 Å². The first kappa shape index (κ1) is 19.5. The number of benzene rings is 2. The minimum absolute atomic E-state index is 0.425. The highest BCUT2D eigenvalue weighted by Gasteiger charge is 2.33. The number of hydrogen-bond donors (Lipinski definition) is 0. The van der Waals surface area contributed by atoms with E-state index in [2.05, 4.69) is 78.2 Å². The van der Waals surface area contributed by atoms with Gasteiger partial charge in [-0.3, -0.25) is 4.90 Å². The van der Waals surface area contributed by atoms with E-state index < -0.39 is 0 Å². The normalized spacial score (nSPS) is 20.7. The van der Waals surface area contributed by atoms with Gasteiger partial charge in [-0.1, -0.05) is 62.4 Å². The molecule has 0 saturated carbocycles. The molecule has 150 valence electrons. The zero-order valence-corrected chi connectivity index (χ0v) is 17.4. The lowest BCUT2D eigenvalue weighted by Crippen LogP contribution is -2.46. The van der Waals surface area contributed by atoms with Gasteiger partial charge in [-0.15, -0.1) is 0 Å². The molecule has 3 heteroatoms. The maximum atomic E-state index is 6.14. The standard InChI is InChI=1S/C25H34N2O/c1-20(2)18-28-19-23(26-14-8-9-15-26)17-27-24-13-7-6-12-22(24)16-25(27)21-10-4-3-5-11-21/h3-7,10-13,20,23,25H,8-9,14-19H2,1-2H3. The zero-order chi connectivity index (χ0) is 19.3. The first-order valence-corrected chi connectivity index (χ1v) is 10.9. The highest BCUT2D eigenvalue weighted by molar-refractivity contribution is 5.61. The topological polar surface area (TPSA) is 15.7 Å². The predicted octanol–water partition coefficient (Wildman–Crippen LogP) is 4.93. The Labute approximate surface area is 170 Å². The second-order valence-electron chi connectivity index (χ2n) is 8.74. The van der Waals surface area contributed by atoms with E-state index in [-0.39, 0.29) is 0 Å². The van der Waals surface area contributed by atoms with Gasteiger partial charge in [0.2, 0.25) is 0 Å². The minimum atomic E-state index is 0.425. The van der Waals surface area contributed by atoms with E-state index in [9.17, 15) is 0 Å². The summed E-state index contributed by atoms with van der Waals surface area (Å²) in [5, 5.41) is 0. The van der Waals surface area contributed by atoms with Crippen molar-refractivity contribution in [2.75, 3.05) is 37.7 Å². The van der Waals surface area contributed by atoms with Crippen molar-refractivity contribution >= 4 is 5.69 Å². The molecule has 28 heavy (non-hydrogen) atoms. The van der Waals surface area contributed by atoms with Gasteiger partial charge in [0.1, 0.15) is 0 Å². The number of fused-ring (bicyclic) bond motifs is 1. The molecule has 2 aliphatic heterocycles. The van der Waals surface area contributed by atoms with Crippen LogP contribution in [-0.2, 0) is 11.2 Å². The molecule has 0 spiro atoms. The lowest BCUT2D eigenvalue weighted by Gasteiger charge is -2.36. The van der Waals surface area contributed by atoms with Gasteiger partial charge in [0.15, 0.2) is 0 Å². The fourth-order valence-electron chi connectivity index (χ4n) is 4.70. The fraction of sp³-hybridized carbons (Fsp3) is 0.520. The van der Waals surface area contributed by atoms with Gasteiger partial charge in [-0.2, -0.15) is 0 Å². The third-order valence-corrected chi connectivity index (χ3v) is 6.10. The maximum Gasteiger partial charge on any atom is 0.0639 e. The number of para-hydroxylation sites is 1. The number of likely N-dealkylation sites (tertiary alicyclic amines) is 1. The Morgan fingerprint density at radius 1 is 0.929 bits per heavy atom. The van der Waals surface area contributed by atoms with Gasteiger partial charge in [-0.05, 0) is 55.5 Å². The fourth-order valence-corrected chi connectivity index (χ4v) is 4.70. The summed E-state index contributed by atoms with van der Waals surface area (Å²) in [5.41, 5.74) is 4.30. The number of nitrogens with zero attached hydrogens (tertiary/aromatic N) is 2. The second-order valence-corrected chi connectivity index (χ2v) is 8.74. The summed E-state index contributed by atoms with van der Waals surface area (Å²) in [5.74, 6) is 0.587. The molecule has 2 unspecified atom stereocenters.